The molecule has 1 spiro atoms. The summed E-state index contributed by atoms with van der Waals surface area (Å²) in [6, 6.07) is 2.62. The Bertz CT molecular complexity index is 605. The molecule has 2 atom stereocenters. The molecule has 1 aromatic heterocycles. The molecule has 1 aromatic rings. The Morgan fingerprint density at radius 2 is 2.24 bits per heavy atom. The first-order chi connectivity index (χ1) is 12.1. The van der Waals surface area contributed by atoms with E-state index in [9.17, 15) is 0 Å². The van der Waals surface area contributed by atoms with Gasteiger partial charge in [0.15, 0.2) is 5.96 Å². The third-order valence-electron chi connectivity index (χ3n) is 5.91. The quantitative estimate of drug-likeness (QED) is 0.452. The molecule has 0 aliphatic heterocycles. The smallest absolute Gasteiger partial charge is 0.191 e. The second-order valence-electron chi connectivity index (χ2n) is 7.47. The Labute approximate surface area is 151 Å². The summed E-state index contributed by atoms with van der Waals surface area (Å²) in [5.41, 5.74) is 2.67. The molecule has 2 aliphatic carbocycles. The van der Waals surface area contributed by atoms with Crippen LogP contribution in [0, 0.1) is 19.3 Å². The van der Waals surface area contributed by atoms with E-state index in [4.69, 9.17) is 4.74 Å². The van der Waals surface area contributed by atoms with Crippen LogP contribution in [0.2, 0.25) is 0 Å². The number of aromatic nitrogens is 2. The van der Waals surface area contributed by atoms with E-state index in [1.165, 1.54) is 25.0 Å². The van der Waals surface area contributed by atoms with Crippen LogP contribution >= 0.6 is 0 Å². The molecular weight excluding hydrogens is 314 g/mol. The lowest BCUT2D eigenvalue weighted by Gasteiger charge is -2.61. The third kappa shape index (κ3) is 3.68. The number of hydrogen-bond donors (Lipinski definition) is 2. The summed E-state index contributed by atoms with van der Waals surface area (Å²) in [6.45, 7) is 8.89. The molecule has 1 heterocycles. The van der Waals surface area contributed by atoms with E-state index < -0.39 is 0 Å². The molecule has 6 heteroatoms. The highest BCUT2D eigenvalue weighted by Gasteiger charge is 2.59. The average Bonchev–Trinajstić information content (AvgIpc) is 2.84. The van der Waals surface area contributed by atoms with Crippen molar-refractivity contribution < 1.29 is 4.74 Å². The third-order valence-corrected chi connectivity index (χ3v) is 5.91. The number of aryl methyl sites for hydroxylation is 3. The van der Waals surface area contributed by atoms with Crippen molar-refractivity contribution in [2.45, 2.75) is 71.6 Å². The molecule has 2 fully saturated rings. The van der Waals surface area contributed by atoms with Gasteiger partial charge in [0.1, 0.15) is 0 Å². The number of nitrogens with zero attached hydrogens (tertiary/aromatic N) is 3. The average molecular weight is 348 g/mol. The number of guanidine groups is 1. The van der Waals surface area contributed by atoms with E-state index in [0.29, 0.717) is 17.6 Å². The fourth-order valence-electron chi connectivity index (χ4n) is 4.34. The van der Waals surface area contributed by atoms with Gasteiger partial charge in [-0.1, -0.05) is 6.42 Å². The monoisotopic (exact) mass is 347 g/mol. The van der Waals surface area contributed by atoms with Crippen LogP contribution in [0.15, 0.2) is 11.1 Å². The molecule has 3 rings (SSSR count). The van der Waals surface area contributed by atoms with Gasteiger partial charge in [0.2, 0.25) is 0 Å². The Morgan fingerprint density at radius 3 is 2.80 bits per heavy atom. The maximum atomic E-state index is 5.93. The zero-order chi connectivity index (χ0) is 17.9. The molecular formula is C19H33N5O. The van der Waals surface area contributed by atoms with Crippen molar-refractivity contribution in [1.82, 2.24) is 20.4 Å². The van der Waals surface area contributed by atoms with Crippen LogP contribution in [0.4, 0.5) is 0 Å². The topological polar surface area (TPSA) is 63.5 Å². The summed E-state index contributed by atoms with van der Waals surface area (Å²) in [6.07, 6.45) is 6.46. The molecule has 2 N–H and O–H groups in total. The molecule has 2 aliphatic rings. The van der Waals surface area contributed by atoms with Gasteiger partial charge in [-0.05, 0) is 52.5 Å². The van der Waals surface area contributed by atoms with Crippen LogP contribution in [0.5, 0.6) is 0 Å². The van der Waals surface area contributed by atoms with Crippen LogP contribution < -0.4 is 10.6 Å². The van der Waals surface area contributed by atoms with Gasteiger partial charge in [-0.15, -0.1) is 0 Å². The fraction of sp³-hybridized carbons (Fsp3) is 0.789. The summed E-state index contributed by atoms with van der Waals surface area (Å²) in [7, 11) is 1.85. The Kier molecular flexibility index (Phi) is 5.67. The Morgan fingerprint density at radius 1 is 1.44 bits per heavy atom. The SMILES string of the molecule is CCOC1CC(NC(=NC)NCCCn2nc(C)cc2C)C12CCC2. The largest absolute Gasteiger partial charge is 0.378 e. The van der Waals surface area contributed by atoms with Crippen LogP contribution in [-0.4, -0.2) is 48.1 Å². The molecule has 0 aromatic carbocycles. The van der Waals surface area contributed by atoms with E-state index >= 15 is 0 Å². The van der Waals surface area contributed by atoms with Gasteiger partial charge in [0.25, 0.3) is 0 Å². The molecule has 2 saturated carbocycles. The van der Waals surface area contributed by atoms with Crippen molar-refractivity contribution in [2.24, 2.45) is 10.4 Å². The molecule has 0 radical (unpaired) electrons. The maximum Gasteiger partial charge on any atom is 0.191 e. The highest BCUT2D eigenvalue weighted by molar-refractivity contribution is 5.80. The lowest BCUT2D eigenvalue weighted by Crippen LogP contribution is -2.68. The van der Waals surface area contributed by atoms with Gasteiger partial charge in [-0.3, -0.25) is 9.67 Å². The van der Waals surface area contributed by atoms with E-state index in [0.717, 1.165) is 44.2 Å². The Balaban J connectivity index is 1.42. The van der Waals surface area contributed by atoms with Crippen LogP contribution in [0.25, 0.3) is 0 Å². The van der Waals surface area contributed by atoms with E-state index in [1.54, 1.807) is 0 Å². The number of aliphatic imine (C=N–C) groups is 1. The molecule has 0 amide bonds. The molecule has 140 valence electrons. The summed E-state index contributed by atoms with van der Waals surface area (Å²) in [4.78, 5) is 4.40. The zero-order valence-electron chi connectivity index (χ0n) is 16.1. The van der Waals surface area contributed by atoms with Gasteiger partial charge >= 0.3 is 0 Å². The van der Waals surface area contributed by atoms with Crippen LogP contribution in [-0.2, 0) is 11.3 Å². The minimum atomic E-state index is 0.358. The highest BCUT2D eigenvalue weighted by Crippen LogP contribution is 2.57. The summed E-state index contributed by atoms with van der Waals surface area (Å²) in [5, 5.41) is 11.6. The first-order valence-corrected chi connectivity index (χ1v) is 9.69. The van der Waals surface area contributed by atoms with Crippen molar-refractivity contribution in [3.8, 4) is 0 Å². The molecule has 0 saturated heterocycles. The Hall–Kier alpha value is -1.56. The highest BCUT2D eigenvalue weighted by atomic mass is 16.5. The molecule has 0 bridgehead atoms. The van der Waals surface area contributed by atoms with E-state index in [2.05, 4.69) is 45.3 Å². The van der Waals surface area contributed by atoms with Gasteiger partial charge in [0.05, 0.1) is 11.8 Å². The van der Waals surface area contributed by atoms with Gasteiger partial charge in [-0.2, -0.15) is 5.10 Å². The summed E-state index contributed by atoms with van der Waals surface area (Å²) in [5.74, 6) is 0.916. The van der Waals surface area contributed by atoms with Gasteiger partial charge < -0.3 is 15.4 Å². The number of nitrogens with one attached hydrogen (secondary N) is 2. The first kappa shape index (κ1) is 18.2. The summed E-state index contributed by atoms with van der Waals surface area (Å²) >= 11 is 0. The number of ether oxygens (including phenoxy) is 1. The lowest BCUT2D eigenvalue weighted by atomic mass is 9.51. The minimum Gasteiger partial charge on any atom is -0.378 e. The number of rotatable bonds is 7. The van der Waals surface area contributed by atoms with Gasteiger partial charge in [-0.25, -0.2) is 0 Å². The van der Waals surface area contributed by atoms with Gasteiger partial charge in [0, 0.05) is 43.9 Å². The molecule has 25 heavy (non-hydrogen) atoms. The normalized spacial score (nSPS) is 24.7. The van der Waals surface area contributed by atoms with Crippen molar-refractivity contribution in [3.63, 3.8) is 0 Å². The fourth-order valence-corrected chi connectivity index (χ4v) is 4.34. The zero-order valence-corrected chi connectivity index (χ0v) is 16.1. The second-order valence-corrected chi connectivity index (χ2v) is 7.47. The van der Waals surface area contributed by atoms with Crippen LogP contribution in [0.3, 0.4) is 0 Å². The van der Waals surface area contributed by atoms with Crippen molar-refractivity contribution in [2.75, 3.05) is 20.2 Å². The second kappa shape index (κ2) is 7.77. The molecule has 6 nitrogen and oxygen atoms in total. The van der Waals surface area contributed by atoms with Crippen molar-refractivity contribution in [1.29, 1.82) is 0 Å². The molecule has 2 unspecified atom stereocenters. The predicted molar refractivity (Wildman–Crippen MR) is 101 cm³/mol. The minimum absolute atomic E-state index is 0.358. The number of hydrogen-bond acceptors (Lipinski definition) is 3. The predicted octanol–water partition coefficient (Wildman–Crippen LogP) is 2.40. The maximum absolute atomic E-state index is 5.93. The van der Waals surface area contributed by atoms with Crippen molar-refractivity contribution >= 4 is 5.96 Å². The van der Waals surface area contributed by atoms with E-state index in [1.807, 2.05) is 14.0 Å². The van der Waals surface area contributed by atoms with E-state index in [-0.39, 0.29) is 0 Å². The first-order valence-electron chi connectivity index (χ1n) is 9.69. The van der Waals surface area contributed by atoms with Crippen molar-refractivity contribution in [3.05, 3.63) is 17.5 Å². The standard InChI is InChI=1S/C19H33N5O/c1-5-25-17-13-16(19(17)8-6-9-19)22-18(20-4)21-10-7-11-24-15(3)12-14(2)23-24/h12,16-17H,5-11,13H2,1-4H3,(H2,20,21,22). The van der Waals surface area contributed by atoms with Crippen LogP contribution in [0.1, 0.15) is 50.4 Å². The lowest BCUT2D eigenvalue weighted by molar-refractivity contribution is -0.168. The summed E-state index contributed by atoms with van der Waals surface area (Å²) < 4.78 is 8.01.